The van der Waals surface area contributed by atoms with E-state index in [4.69, 9.17) is 21.3 Å². The van der Waals surface area contributed by atoms with E-state index in [1.165, 1.54) is 4.90 Å². The molecule has 31 heavy (non-hydrogen) atoms. The van der Waals surface area contributed by atoms with Crippen molar-refractivity contribution in [1.29, 1.82) is 0 Å². The van der Waals surface area contributed by atoms with Crippen molar-refractivity contribution in [3.63, 3.8) is 0 Å². The molecule has 1 saturated heterocycles. The molecule has 2 unspecified atom stereocenters. The molecule has 4 rings (SSSR count). The van der Waals surface area contributed by atoms with Crippen LogP contribution in [0.5, 0.6) is 0 Å². The van der Waals surface area contributed by atoms with Crippen LogP contribution in [0.25, 0.3) is 0 Å². The minimum absolute atomic E-state index is 0.133. The summed E-state index contributed by atoms with van der Waals surface area (Å²) in [6.07, 6.45) is 0.303. The third-order valence-electron chi connectivity index (χ3n) is 6.16. The number of carbonyl (C=O) groups excluding carboxylic acids is 2. The molecule has 0 radical (unpaired) electrons. The predicted molar refractivity (Wildman–Crippen MR) is 118 cm³/mol. The van der Waals surface area contributed by atoms with Crippen LogP contribution in [0, 0.1) is 0 Å². The van der Waals surface area contributed by atoms with Gasteiger partial charge in [0, 0.05) is 43.2 Å². The van der Waals surface area contributed by atoms with Crippen LogP contribution in [-0.2, 0) is 16.1 Å². The van der Waals surface area contributed by atoms with Gasteiger partial charge in [0.25, 0.3) is 5.91 Å². The second-order valence-corrected chi connectivity index (χ2v) is 8.35. The monoisotopic (exact) mass is 445 g/mol. The number of guanidine groups is 1. The Labute approximate surface area is 187 Å². The van der Waals surface area contributed by atoms with Gasteiger partial charge in [0.05, 0.1) is 6.54 Å². The van der Waals surface area contributed by atoms with Crippen LogP contribution in [0.15, 0.2) is 40.7 Å². The Morgan fingerprint density at radius 2 is 1.87 bits per heavy atom. The number of hydrogen-bond acceptors (Lipinski definition) is 6. The number of imide groups is 1. The number of benzene rings is 1. The highest BCUT2D eigenvalue weighted by Gasteiger charge is 2.55. The molecule has 1 fully saturated rings. The molecule has 0 spiro atoms. The van der Waals surface area contributed by atoms with E-state index in [1.807, 2.05) is 43.9 Å². The quantitative estimate of drug-likeness (QED) is 0.603. The number of fused-ring (bicyclic) bond motifs is 3. The van der Waals surface area contributed by atoms with Gasteiger partial charge in [-0.1, -0.05) is 29.8 Å². The maximum Gasteiger partial charge on any atom is 0.328 e. The first kappa shape index (κ1) is 21.6. The molecule has 2 atom stereocenters. The summed E-state index contributed by atoms with van der Waals surface area (Å²) in [5, 5.41) is 0.532. The molecule has 0 bridgehead atoms. The summed E-state index contributed by atoms with van der Waals surface area (Å²) >= 11 is 6.29. The van der Waals surface area contributed by atoms with Crippen molar-refractivity contribution in [2.24, 2.45) is 4.99 Å². The number of aliphatic imine (C=N–C) groups is 1. The minimum Gasteiger partial charge on any atom is -0.382 e. The van der Waals surface area contributed by atoms with E-state index in [0.29, 0.717) is 18.2 Å². The summed E-state index contributed by atoms with van der Waals surface area (Å²) in [6.45, 7) is 8.25. The summed E-state index contributed by atoms with van der Waals surface area (Å²) in [5.41, 5.74) is 2.79. The Morgan fingerprint density at radius 3 is 2.58 bits per heavy atom. The number of allylic oxidation sites excluding steroid dienone is 2. The molecule has 8 nitrogen and oxygen atoms in total. The Morgan fingerprint density at radius 1 is 1.13 bits per heavy atom. The maximum absolute atomic E-state index is 13.5. The van der Waals surface area contributed by atoms with Gasteiger partial charge >= 0.3 is 6.03 Å². The van der Waals surface area contributed by atoms with Gasteiger partial charge in [-0.2, -0.15) is 0 Å². The number of rotatable bonds is 7. The van der Waals surface area contributed by atoms with Gasteiger partial charge < -0.3 is 14.5 Å². The van der Waals surface area contributed by atoms with Gasteiger partial charge in [-0.3, -0.25) is 14.6 Å². The van der Waals surface area contributed by atoms with Crippen LogP contribution < -0.4 is 0 Å². The molecule has 0 saturated carbocycles. The van der Waals surface area contributed by atoms with Crippen LogP contribution in [0.4, 0.5) is 4.79 Å². The van der Waals surface area contributed by atoms with E-state index in [1.54, 1.807) is 18.0 Å². The Kier molecular flexibility index (Phi) is 5.94. The highest BCUT2D eigenvalue weighted by molar-refractivity contribution is 6.31. The van der Waals surface area contributed by atoms with Crippen LogP contribution in [0.2, 0.25) is 5.02 Å². The molecule has 3 heterocycles. The van der Waals surface area contributed by atoms with Crippen LogP contribution in [0.3, 0.4) is 0 Å². The average molecular weight is 446 g/mol. The normalized spacial score (nSPS) is 23.1. The predicted octanol–water partition coefficient (Wildman–Crippen LogP) is 3.09. The second kappa shape index (κ2) is 8.51. The van der Waals surface area contributed by atoms with Crippen molar-refractivity contribution in [2.75, 3.05) is 26.8 Å². The number of urea groups is 1. The topological polar surface area (TPSA) is 68.7 Å². The standard InChI is InChI=1S/C22H28ClN5O3/c1-5-31-12-8-11-26-14(2)15(3)28-18-19(24-21(26)28)25(4)22(30)27(20(18)29)13-16-9-6-7-10-17(16)23/h6-7,9-10,18-19H,5,8,11-13H2,1-4H3. The second-order valence-electron chi connectivity index (χ2n) is 7.94. The zero-order valence-corrected chi connectivity index (χ0v) is 19.1. The summed E-state index contributed by atoms with van der Waals surface area (Å²) < 4.78 is 5.47. The van der Waals surface area contributed by atoms with E-state index >= 15 is 0 Å². The van der Waals surface area contributed by atoms with E-state index in [-0.39, 0.29) is 18.5 Å². The molecule has 1 aromatic carbocycles. The highest BCUT2D eigenvalue weighted by Crippen LogP contribution is 2.38. The molecular weight excluding hydrogens is 418 g/mol. The van der Waals surface area contributed by atoms with Gasteiger partial charge in [0.1, 0.15) is 0 Å². The lowest BCUT2D eigenvalue weighted by Crippen LogP contribution is -2.64. The van der Waals surface area contributed by atoms with Crippen molar-refractivity contribution in [1.82, 2.24) is 19.6 Å². The van der Waals surface area contributed by atoms with Gasteiger partial charge in [0.2, 0.25) is 5.96 Å². The fourth-order valence-electron chi connectivity index (χ4n) is 4.36. The molecule has 3 amide bonds. The molecule has 3 aliphatic heterocycles. The van der Waals surface area contributed by atoms with Crippen molar-refractivity contribution in [3.05, 3.63) is 46.2 Å². The number of carbonyl (C=O) groups is 2. The third-order valence-corrected chi connectivity index (χ3v) is 6.53. The molecule has 0 aliphatic carbocycles. The Balaban J connectivity index is 1.60. The van der Waals surface area contributed by atoms with E-state index in [2.05, 4.69) is 4.90 Å². The third kappa shape index (κ3) is 3.57. The van der Waals surface area contributed by atoms with Crippen molar-refractivity contribution >= 4 is 29.5 Å². The lowest BCUT2D eigenvalue weighted by atomic mass is 10.1. The van der Waals surface area contributed by atoms with Gasteiger partial charge in [-0.15, -0.1) is 0 Å². The first-order chi connectivity index (χ1) is 14.9. The Bertz CT molecular complexity index is 962. The fraction of sp³-hybridized carbons (Fsp3) is 0.500. The number of halogens is 1. The van der Waals surface area contributed by atoms with Crippen LogP contribution in [-0.4, -0.2) is 76.5 Å². The van der Waals surface area contributed by atoms with E-state index in [9.17, 15) is 9.59 Å². The molecule has 166 valence electrons. The summed E-state index contributed by atoms with van der Waals surface area (Å²) in [6, 6.07) is 6.32. The van der Waals surface area contributed by atoms with Gasteiger partial charge in [-0.25, -0.2) is 9.79 Å². The molecule has 0 N–H and O–H groups in total. The van der Waals surface area contributed by atoms with Gasteiger partial charge in [0.15, 0.2) is 12.2 Å². The summed E-state index contributed by atoms with van der Waals surface area (Å²) in [4.78, 5) is 38.3. The average Bonchev–Trinajstić information content (AvgIpc) is 3.25. The SMILES string of the molecule is CCOCCCN1C2=NC3C(C(=O)N(Cc4ccccc4Cl)C(=O)N3C)N2C(C)=C1C. The number of amides is 3. The maximum atomic E-state index is 13.5. The number of likely N-dealkylation sites (N-methyl/N-ethyl adjacent to an activating group) is 1. The minimum atomic E-state index is -0.577. The molecule has 9 heteroatoms. The van der Waals surface area contributed by atoms with Gasteiger partial charge in [-0.05, 0) is 38.8 Å². The lowest BCUT2D eigenvalue weighted by Gasteiger charge is -2.40. The zero-order chi connectivity index (χ0) is 22.3. The molecular formula is C22H28ClN5O3. The van der Waals surface area contributed by atoms with Crippen LogP contribution >= 0.6 is 11.6 Å². The Hall–Kier alpha value is -2.58. The van der Waals surface area contributed by atoms with E-state index in [0.717, 1.165) is 35.9 Å². The fourth-order valence-corrected chi connectivity index (χ4v) is 4.56. The number of hydrogen-bond donors (Lipinski definition) is 0. The van der Waals surface area contributed by atoms with Crippen molar-refractivity contribution < 1.29 is 14.3 Å². The molecule has 1 aromatic rings. The first-order valence-corrected chi connectivity index (χ1v) is 11.0. The number of ether oxygens (including phenoxy) is 1. The van der Waals surface area contributed by atoms with Crippen molar-refractivity contribution in [3.8, 4) is 0 Å². The highest BCUT2D eigenvalue weighted by atomic mass is 35.5. The zero-order valence-electron chi connectivity index (χ0n) is 18.3. The molecule has 0 aromatic heterocycles. The largest absolute Gasteiger partial charge is 0.382 e. The lowest BCUT2D eigenvalue weighted by molar-refractivity contribution is -0.137. The van der Waals surface area contributed by atoms with Crippen molar-refractivity contribution in [2.45, 2.75) is 45.9 Å². The first-order valence-electron chi connectivity index (χ1n) is 10.6. The van der Waals surface area contributed by atoms with E-state index < -0.39 is 12.2 Å². The summed E-state index contributed by atoms with van der Waals surface area (Å²) in [5.74, 6) is 0.476. The smallest absolute Gasteiger partial charge is 0.328 e. The number of nitrogens with zero attached hydrogens (tertiary/aromatic N) is 5. The molecule has 3 aliphatic rings. The van der Waals surface area contributed by atoms with Crippen LogP contribution in [0.1, 0.15) is 32.8 Å². The summed E-state index contributed by atoms with van der Waals surface area (Å²) in [7, 11) is 1.70.